The number of rotatable bonds is 8. The van der Waals surface area contributed by atoms with Crippen LogP contribution in [0.2, 0.25) is 0 Å². The van der Waals surface area contributed by atoms with Crippen LogP contribution in [0.25, 0.3) is 22.1 Å². The van der Waals surface area contributed by atoms with Crippen molar-refractivity contribution in [1.29, 1.82) is 0 Å². The summed E-state index contributed by atoms with van der Waals surface area (Å²) >= 11 is 0. The molecule has 1 fully saturated rings. The Morgan fingerprint density at radius 1 is 1.04 bits per heavy atom. The molecular formula is C31H30N12O2. The molecule has 7 rings (SSSR count). The summed E-state index contributed by atoms with van der Waals surface area (Å²) in [4.78, 5) is 34.8. The van der Waals surface area contributed by atoms with E-state index in [-0.39, 0.29) is 5.91 Å². The predicted octanol–water partition coefficient (Wildman–Crippen LogP) is 3.65. The van der Waals surface area contributed by atoms with Gasteiger partial charge in [-0.25, -0.2) is 24.6 Å². The van der Waals surface area contributed by atoms with Crippen molar-refractivity contribution in [1.82, 2.24) is 49.6 Å². The van der Waals surface area contributed by atoms with Crippen molar-refractivity contribution in [3.63, 3.8) is 0 Å². The molecule has 1 N–H and O–H groups in total. The van der Waals surface area contributed by atoms with E-state index in [2.05, 4.69) is 40.6 Å². The molecule has 14 nitrogen and oxygen atoms in total. The van der Waals surface area contributed by atoms with Crippen LogP contribution in [0.4, 0.5) is 17.5 Å². The summed E-state index contributed by atoms with van der Waals surface area (Å²) in [5.74, 6) is 2.54. The highest BCUT2D eigenvalue weighted by molar-refractivity contribution is 5.88. The van der Waals surface area contributed by atoms with Gasteiger partial charge in [0.15, 0.2) is 5.82 Å². The number of fused-ring (bicyclic) bond motifs is 2. The average Bonchev–Trinajstić information content (AvgIpc) is 3.72. The van der Waals surface area contributed by atoms with Crippen LogP contribution in [0.1, 0.15) is 5.56 Å². The van der Waals surface area contributed by atoms with Crippen LogP contribution in [0.15, 0.2) is 79.5 Å². The first kappa shape index (κ1) is 27.9. The monoisotopic (exact) mass is 602 g/mol. The number of hydrogen-bond donors (Lipinski definition) is 1. The van der Waals surface area contributed by atoms with Gasteiger partial charge in [-0.05, 0) is 48.9 Å². The SMILES string of the molecule is Cc1cc(Nc2ncnc3cnc(N4CCN(C(=O)/C=C/Cn5cccn5)CC4)nc23)ccc1Oc1ccc2c(c1)nnn2C. The van der Waals surface area contributed by atoms with Crippen molar-refractivity contribution in [2.45, 2.75) is 13.5 Å². The van der Waals surface area contributed by atoms with Gasteiger partial charge < -0.3 is 19.9 Å². The maximum absolute atomic E-state index is 12.7. The van der Waals surface area contributed by atoms with Gasteiger partial charge in [-0.15, -0.1) is 5.10 Å². The van der Waals surface area contributed by atoms with Gasteiger partial charge in [0.05, 0.1) is 18.3 Å². The molecule has 0 saturated carbocycles. The fourth-order valence-electron chi connectivity index (χ4n) is 5.18. The van der Waals surface area contributed by atoms with Crippen LogP contribution in [0.5, 0.6) is 11.5 Å². The van der Waals surface area contributed by atoms with Gasteiger partial charge in [-0.2, -0.15) is 5.10 Å². The third kappa shape index (κ3) is 5.98. The van der Waals surface area contributed by atoms with E-state index in [1.54, 1.807) is 27.8 Å². The van der Waals surface area contributed by atoms with Gasteiger partial charge in [-0.3, -0.25) is 9.48 Å². The summed E-state index contributed by atoms with van der Waals surface area (Å²) < 4.78 is 9.64. The van der Waals surface area contributed by atoms with E-state index in [1.807, 2.05) is 73.6 Å². The lowest BCUT2D eigenvalue weighted by molar-refractivity contribution is -0.126. The molecule has 0 spiro atoms. The normalized spacial score (nSPS) is 13.6. The summed E-state index contributed by atoms with van der Waals surface area (Å²) in [5, 5.41) is 15.8. The van der Waals surface area contributed by atoms with Gasteiger partial charge in [0, 0.05) is 63.5 Å². The number of aromatic nitrogens is 9. The molecule has 0 bridgehead atoms. The van der Waals surface area contributed by atoms with Crippen LogP contribution in [-0.2, 0) is 18.4 Å². The van der Waals surface area contributed by atoms with Gasteiger partial charge in [0.1, 0.15) is 34.4 Å². The van der Waals surface area contributed by atoms with Crippen LogP contribution in [-0.4, -0.2) is 81.7 Å². The summed E-state index contributed by atoms with van der Waals surface area (Å²) in [6, 6.07) is 13.4. The Morgan fingerprint density at radius 3 is 2.76 bits per heavy atom. The second-order valence-electron chi connectivity index (χ2n) is 10.6. The van der Waals surface area contributed by atoms with Crippen molar-refractivity contribution in [3.05, 3.63) is 85.1 Å². The van der Waals surface area contributed by atoms with Crippen LogP contribution < -0.4 is 15.0 Å². The molecule has 1 amide bonds. The first-order valence-corrected chi connectivity index (χ1v) is 14.5. The third-order valence-corrected chi connectivity index (χ3v) is 7.60. The highest BCUT2D eigenvalue weighted by Crippen LogP contribution is 2.31. The number of carbonyl (C=O) groups is 1. The predicted molar refractivity (Wildman–Crippen MR) is 168 cm³/mol. The maximum atomic E-state index is 12.7. The molecular weight excluding hydrogens is 572 g/mol. The zero-order chi connectivity index (χ0) is 30.8. The highest BCUT2D eigenvalue weighted by Gasteiger charge is 2.22. The number of nitrogens with one attached hydrogen (secondary N) is 1. The lowest BCUT2D eigenvalue weighted by Crippen LogP contribution is -2.48. The Bertz CT molecular complexity index is 2010. The Labute approximate surface area is 258 Å². The van der Waals surface area contributed by atoms with Crippen molar-refractivity contribution in [2.75, 3.05) is 36.4 Å². The van der Waals surface area contributed by atoms with Crippen molar-refractivity contribution in [3.8, 4) is 11.5 Å². The van der Waals surface area contributed by atoms with Crippen molar-refractivity contribution >= 4 is 45.4 Å². The lowest BCUT2D eigenvalue weighted by Gasteiger charge is -2.34. The summed E-state index contributed by atoms with van der Waals surface area (Å²) in [6.07, 6.45) is 10.2. The molecule has 1 saturated heterocycles. The number of nitrogens with zero attached hydrogens (tertiary/aromatic N) is 11. The zero-order valence-electron chi connectivity index (χ0n) is 24.8. The van der Waals surface area contributed by atoms with Crippen LogP contribution in [0.3, 0.4) is 0 Å². The van der Waals surface area contributed by atoms with Gasteiger partial charge in [0.2, 0.25) is 11.9 Å². The number of ether oxygens (including phenoxy) is 1. The number of carbonyl (C=O) groups excluding carboxylic acids is 1. The van der Waals surface area contributed by atoms with Gasteiger partial charge in [0.25, 0.3) is 0 Å². The number of allylic oxidation sites excluding steroid dienone is 1. The summed E-state index contributed by atoms with van der Waals surface area (Å²) in [7, 11) is 1.86. The fraction of sp³-hybridized carbons (Fsp3) is 0.226. The zero-order valence-corrected chi connectivity index (χ0v) is 24.8. The minimum absolute atomic E-state index is 0.0144. The topological polar surface area (TPSA) is 145 Å². The smallest absolute Gasteiger partial charge is 0.246 e. The Balaban J connectivity index is 1.02. The summed E-state index contributed by atoms with van der Waals surface area (Å²) in [5.41, 5.74) is 4.72. The standard InChI is InChI=1S/C31H30N12O2/c1-21-17-22(6-9-27(21)45-23-7-8-26-24(18-23)38-39-40(26)2)36-30-29-25(33-20-34-30)19-32-31(37-29)42-15-13-41(14-16-42)28(44)5-3-11-43-12-4-10-35-43/h3-10,12,17-20H,11,13-16H2,1-2H3,(H,33,34,36)/b5-3+. The minimum Gasteiger partial charge on any atom is -0.457 e. The molecule has 5 heterocycles. The van der Waals surface area contributed by atoms with E-state index in [1.165, 1.54) is 6.33 Å². The molecule has 1 aliphatic rings. The molecule has 6 aromatic rings. The van der Waals surface area contributed by atoms with Crippen LogP contribution >= 0.6 is 0 Å². The second-order valence-corrected chi connectivity index (χ2v) is 10.6. The first-order valence-electron chi connectivity index (χ1n) is 14.5. The molecule has 226 valence electrons. The highest BCUT2D eigenvalue weighted by atomic mass is 16.5. The molecule has 0 unspecified atom stereocenters. The van der Waals surface area contributed by atoms with E-state index in [0.717, 1.165) is 28.0 Å². The molecule has 0 atom stereocenters. The molecule has 0 aliphatic carbocycles. The number of hydrogen-bond acceptors (Lipinski definition) is 11. The molecule has 45 heavy (non-hydrogen) atoms. The minimum atomic E-state index is -0.0144. The molecule has 2 aromatic carbocycles. The van der Waals surface area contributed by atoms with Crippen LogP contribution in [0, 0.1) is 6.92 Å². The average molecular weight is 603 g/mol. The summed E-state index contributed by atoms with van der Waals surface area (Å²) in [6.45, 7) is 4.92. The van der Waals surface area contributed by atoms with Gasteiger partial charge in [-0.1, -0.05) is 11.3 Å². The first-order chi connectivity index (χ1) is 22.0. The Hall–Kier alpha value is -5.92. The van der Waals surface area contributed by atoms with E-state index in [0.29, 0.717) is 61.3 Å². The number of benzene rings is 2. The van der Waals surface area contributed by atoms with Crippen molar-refractivity contribution < 1.29 is 9.53 Å². The molecule has 4 aromatic heterocycles. The van der Waals surface area contributed by atoms with E-state index >= 15 is 0 Å². The molecule has 0 radical (unpaired) electrons. The lowest BCUT2D eigenvalue weighted by atomic mass is 10.2. The maximum Gasteiger partial charge on any atom is 0.246 e. The largest absolute Gasteiger partial charge is 0.457 e. The second kappa shape index (κ2) is 12.0. The Morgan fingerprint density at radius 2 is 1.93 bits per heavy atom. The number of anilines is 3. The van der Waals surface area contributed by atoms with E-state index in [9.17, 15) is 4.79 Å². The Kier molecular flexibility index (Phi) is 7.43. The van der Waals surface area contributed by atoms with E-state index < -0.39 is 0 Å². The molecule has 14 heteroatoms. The van der Waals surface area contributed by atoms with Gasteiger partial charge >= 0.3 is 0 Å². The van der Waals surface area contributed by atoms with E-state index in [4.69, 9.17) is 9.72 Å². The fourth-order valence-corrected chi connectivity index (χ4v) is 5.18. The quantitative estimate of drug-likeness (QED) is 0.255. The van der Waals surface area contributed by atoms with Crippen molar-refractivity contribution in [2.24, 2.45) is 7.05 Å². The number of piperazine rings is 1. The molecule has 1 aliphatic heterocycles. The third-order valence-electron chi connectivity index (χ3n) is 7.60. The number of amides is 1. The number of aryl methyl sites for hydroxylation is 2.